The monoisotopic (exact) mass is 745 g/mol. The highest BCUT2D eigenvalue weighted by molar-refractivity contribution is 6.10. The molecule has 278 valence electrons. The molecule has 0 radical (unpaired) electrons. The number of allylic oxidation sites excluding steroid dienone is 9. The molecule has 3 heteroatoms. The van der Waals surface area contributed by atoms with E-state index in [9.17, 15) is 0 Å². The number of hydrogen-bond acceptors (Lipinski definition) is 1. The Morgan fingerprint density at radius 2 is 1.31 bits per heavy atom. The van der Waals surface area contributed by atoms with Gasteiger partial charge in [0.05, 0.1) is 22.1 Å². The highest BCUT2D eigenvalue weighted by Gasteiger charge is 2.25. The molecule has 1 aliphatic carbocycles. The summed E-state index contributed by atoms with van der Waals surface area (Å²) in [6.45, 7) is 8.85. The third-order valence-corrected chi connectivity index (χ3v) is 11.8. The maximum atomic E-state index is 5.16. The largest absolute Gasteiger partial charge is 0.309 e. The summed E-state index contributed by atoms with van der Waals surface area (Å²) in [6.07, 6.45) is 13.5. The van der Waals surface area contributed by atoms with Gasteiger partial charge in [0.15, 0.2) is 0 Å². The van der Waals surface area contributed by atoms with Crippen molar-refractivity contribution < 1.29 is 0 Å². The van der Waals surface area contributed by atoms with Crippen molar-refractivity contribution in [3.63, 3.8) is 0 Å². The molecule has 58 heavy (non-hydrogen) atoms. The first kappa shape index (κ1) is 35.2. The second-order valence-electron chi connectivity index (χ2n) is 15.3. The minimum atomic E-state index is 0.191. The minimum absolute atomic E-state index is 0.191. The quantitative estimate of drug-likeness (QED) is 0.142. The van der Waals surface area contributed by atoms with E-state index in [1.165, 1.54) is 60.5 Å². The molecule has 0 aliphatic heterocycles. The van der Waals surface area contributed by atoms with E-state index in [0.29, 0.717) is 0 Å². The number of aromatic nitrogens is 3. The van der Waals surface area contributed by atoms with Gasteiger partial charge in [-0.3, -0.25) is 4.57 Å². The van der Waals surface area contributed by atoms with Gasteiger partial charge in [0.2, 0.25) is 0 Å². The van der Waals surface area contributed by atoms with Gasteiger partial charge in [-0.2, -0.15) is 0 Å². The molecule has 2 heterocycles. The summed E-state index contributed by atoms with van der Waals surface area (Å²) in [7, 11) is 0. The Morgan fingerprint density at radius 3 is 2.07 bits per heavy atom. The molecule has 2 atom stereocenters. The van der Waals surface area contributed by atoms with Crippen LogP contribution in [0.5, 0.6) is 0 Å². The van der Waals surface area contributed by atoms with Gasteiger partial charge in [-0.15, -0.1) is 0 Å². The lowest BCUT2D eigenvalue weighted by Crippen LogP contribution is -2.11. The van der Waals surface area contributed by atoms with Crippen molar-refractivity contribution in [1.82, 2.24) is 14.1 Å². The molecule has 0 N–H and O–H groups in total. The fourth-order valence-electron chi connectivity index (χ4n) is 8.96. The normalized spacial score (nSPS) is 16.1. The van der Waals surface area contributed by atoms with Crippen LogP contribution in [-0.2, 0) is 0 Å². The number of para-hydroxylation sites is 5. The highest BCUT2D eigenvalue weighted by atomic mass is 15.1. The zero-order valence-electron chi connectivity index (χ0n) is 32.8. The first-order valence-corrected chi connectivity index (χ1v) is 20.1. The Bertz CT molecular complexity index is 3140. The molecule has 0 spiro atoms. The molecular formula is C55H43N3. The van der Waals surface area contributed by atoms with E-state index in [1.54, 1.807) is 0 Å². The second kappa shape index (κ2) is 14.7. The number of rotatable bonds is 8. The fourth-order valence-corrected chi connectivity index (χ4v) is 8.96. The van der Waals surface area contributed by atoms with Crippen LogP contribution in [-0.4, -0.2) is 14.1 Å². The molecule has 2 aromatic heterocycles. The SMILES string of the molecule is C=C/C(=C\C=C(/C)c1ccc2c(c1)c1ccccc1n2-c1ccccc1)c1cccc2cccc([C@H]3C=CC(c4nc5ccccc5n4-c4ccccc4)=CC3C)c12. The summed E-state index contributed by atoms with van der Waals surface area (Å²) < 4.78 is 4.65. The van der Waals surface area contributed by atoms with E-state index in [2.05, 4.69) is 224 Å². The van der Waals surface area contributed by atoms with Gasteiger partial charge in [-0.1, -0.05) is 159 Å². The maximum Gasteiger partial charge on any atom is 0.145 e. The summed E-state index contributed by atoms with van der Waals surface area (Å²) in [5.41, 5.74) is 13.9. The van der Waals surface area contributed by atoms with Crippen LogP contribution in [0.25, 0.3) is 71.7 Å². The van der Waals surface area contributed by atoms with Crippen molar-refractivity contribution in [1.29, 1.82) is 0 Å². The molecule has 0 saturated heterocycles. The molecule has 0 bridgehead atoms. The van der Waals surface area contributed by atoms with E-state index < -0.39 is 0 Å². The van der Waals surface area contributed by atoms with E-state index in [0.717, 1.165) is 33.7 Å². The van der Waals surface area contributed by atoms with Crippen LogP contribution in [0.3, 0.4) is 0 Å². The molecule has 9 aromatic rings. The summed E-state index contributed by atoms with van der Waals surface area (Å²) in [6, 6.07) is 58.5. The number of imidazole rings is 1. The predicted octanol–water partition coefficient (Wildman–Crippen LogP) is 14.3. The van der Waals surface area contributed by atoms with Gasteiger partial charge in [0, 0.05) is 33.6 Å². The van der Waals surface area contributed by atoms with Gasteiger partial charge >= 0.3 is 0 Å². The summed E-state index contributed by atoms with van der Waals surface area (Å²) in [5, 5.41) is 5.00. The van der Waals surface area contributed by atoms with Crippen molar-refractivity contribution >= 4 is 60.3 Å². The third kappa shape index (κ3) is 6.04. The Labute approximate surface area is 339 Å². The van der Waals surface area contributed by atoms with Crippen molar-refractivity contribution in [2.45, 2.75) is 19.8 Å². The van der Waals surface area contributed by atoms with Crippen LogP contribution in [0.4, 0.5) is 0 Å². The molecular weight excluding hydrogens is 703 g/mol. The van der Waals surface area contributed by atoms with E-state index in [4.69, 9.17) is 4.98 Å². The molecule has 0 fully saturated rings. The number of nitrogens with zero attached hydrogens (tertiary/aromatic N) is 3. The summed E-state index contributed by atoms with van der Waals surface area (Å²) in [4.78, 5) is 5.16. The van der Waals surface area contributed by atoms with Crippen molar-refractivity contribution in [2.75, 3.05) is 0 Å². The van der Waals surface area contributed by atoms with Gasteiger partial charge < -0.3 is 4.57 Å². The average Bonchev–Trinajstić information content (AvgIpc) is 3.83. The number of fused-ring (bicyclic) bond motifs is 5. The Kier molecular flexibility index (Phi) is 8.92. The van der Waals surface area contributed by atoms with Crippen molar-refractivity contribution in [2.24, 2.45) is 5.92 Å². The first-order valence-electron chi connectivity index (χ1n) is 20.1. The fraction of sp³-hybridized carbons (Fsp3) is 0.0727. The summed E-state index contributed by atoms with van der Waals surface area (Å²) in [5.74, 6) is 1.40. The standard InChI is InChI=1S/C55H43N3/c1-4-39(30-29-37(2)41-32-34-52-49(36-41)47-23-11-13-27-51(47)57(52)43-19-7-5-8-20-43)46-24-15-17-40-18-16-25-48(54(40)46)45-33-31-42(35-38(45)3)55-56-50-26-12-14-28-53(50)58(55)44-21-9-6-10-22-44/h4-36,38,45H,1H2,2-3H3/b37-29+,39-30+/t38?,45-/m0/s1. The van der Waals surface area contributed by atoms with Crippen LogP contribution in [0.1, 0.15) is 42.3 Å². The van der Waals surface area contributed by atoms with Crippen LogP contribution >= 0.6 is 0 Å². The second-order valence-corrected chi connectivity index (χ2v) is 15.3. The maximum absolute atomic E-state index is 5.16. The number of hydrogen-bond donors (Lipinski definition) is 0. The van der Waals surface area contributed by atoms with E-state index in [-0.39, 0.29) is 11.8 Å². The van der Waals surface area contributed by atoms with Crippen LogP contribution < -0.4 is 0 Å². The molecule has 7 aromatic carbocycles. The zero-order chi connectivity index (χ0) is 39.2. The molecule has 0 saturated carbocycles. The molecule has 3 nitrogen and oxygen atoms in total. The smallest absolute Gasteiger partial charge is 0.145 e. The highest BCUT2D eigenvalue weighted by Crippen LogP contribution is 2.41. The lowest BCUT2D eigenvalue weighted by molar-refractivity contribution is 0.640. The Morgan fingerprint density at radius 1 is 0.638 bits per heavy atom. The van der Waals surface area contributed by atoms with Crippen molar-refractivity contribution in [3.05, 3.63) is 229 Å². The van der Waals surface area contributed by atoms with Gasteiger partial charge in [0.1, 0.15) is 5.82 Å². The van der Waals surface area contributed by atoms with E-state index >= 15 is 0 Å². The summed E-state index contributed by atoms with van der Waals surface area (Å²) >= 11 is 0. The molecule has 10 rings (SSSR count). The van der Waals surface area contributed by atoms with Gasteiger partial charge in [-0.05, 0) is 106 Å². The van der Waals surface area contributed by atoms with Gasteiger partial charge in [-0.25, -0.2) is 4.98 Å². The molecule has 0 amide bonds. The lowest BCUT2D eigenvalue weighted by atomic mass is 9.79. The van der Waals surface area contributed by atoms with Crippen LogP contribution in [0.15, 0.2) is 207 Å². The molecule has 1 unspecified atom stereocenters. The Balaban J connectivity index is 1.01. The average molecular weight is 746 g/mol. The lowest BCUT2D eigenvalue weighted by Gasteiger charge is -2.26. The first-order chi connectivity index (χ1) is 28.6. The van der Waals surface area contributed by atoms with Gasteiger partial charge in [0.25, 0.3) is 0 Å². The molecule has 1 aliphatic rings. The predicted molar refractivity (Wildman–Crippen MR) is 247 cm³/mol. The third-order valence-electron chi connectivity index (χ3n) is 11.8. The van der Waals surface area contributed by atoms with E-state index in [1.807, 2.05) is 6.08 Å². The Hall–Kier alpha value is -7.23. The van der Waals surface area contributed by atoms with Crippen LogP contribution in [0, 0.1) is 5.92 Å². The van der Waals surface area contributed by atoms with Crippen LogP contribution in [0.2, 0.25) is 0 Å². The zero-order valence-corrected chi connectivity index (χ0v) is 32.8. The number of benzene rings is 7. The topological polar surface area (TPSA) is 22.8 Å². The minimum Gasteiger partial charge on any atom is -0.309 e. The van der Waals surface area contributed by atoms with Crippen molar-refractivity contribution in [3.8, 4) is 11.4 Å².